The fraction of sp³-hybridized carbons (Fsp3) is 0.750. The van der Waals surface area contributed by atoms with Crippen molar-refractivity contribution < 1.29 is 19.1 Å². The number of esters is 2. The molecule has 0 spiro atoms. The maximum absolute atomic E-state index is 12.2. The molecule has 0 amide bonds. The first-order chi connectivity index (χ1) is 9.52. The molecule has 0 heterocycles. The molecule has 0 aromatic rings. The predicted molar refractivity (Wildman–Crippen MR) is 77.1 cm³/mol. The molecule has 1 rings (SSSR count). The highest BCUT2D eigenvalue weighted by atomic mass is 16.5. The van der Waals surface area contributed by atoms with Crippen molar-refractivity contribution in [3.8, 4) is 0 Å². The Morgan fingerprint density at radius 2 is 1.25 bits per heavy atom. The van der Waals surface area contributed by atoms with E-state index in [-0.39, 0.29) is 23.8 Å². The summed E-state index contributed by atoms with van der Waals surface area (Å²) in [6.45, 7) is 8.63. The molecule has 1 aliphatic carbocycles. The first-order valence-electron chi connectivity index (χ1n) is 7.61. The third-order valence-corrected chi connectivity index (χ3v) is 3.62. The summed E-state index contributed by atoms with van der Waals surface area (Å²) in [6, 6.07) is 0. The predicted octanol–water partition coefficient (Wildman–Crippen LogP) is 3.26. The molecule has 0 bridgehead atoms. The highest BCUT2D eigenvalue weighted by Gasteiger charge is 2.34. The Bertz CT molecular complexity index is 348. The van der Waals surface area contributed by atoms with Crippen molar-refractivity contribution in [3.63, 3.8) is 0 Å². The summed E-state index contributed by atoms with van der Waals surface area (Å²) >= 11 is 0. The van der Waals surface area contributed by atoms with E-state index in [2.05, 4.69) is 0 Å². The number of carbonyl (C=O) groups excluding carboxylic acids is 2. The molecule has 20 heavy (non-hydrogen) atoms. The molecule has 0 radical (unpaired) electrons. The van der Waals surface area contributed by atoms with Crippen molar-refractivity contribution in [1.29, 1.82) is 0 Å². The lowest BCUT2D eigenvalue weighted by molar-refractivity contribution is -0.143. The number of carbonyl (C=O) groups is 2. The maximum atomic E-state index is 12.2. The van der Waals surface area contributed by atoms with E-state index < -0.39 is 0 Å². The summed E-state index contributed by atoms with van der Waals surface area (Å²) in [7, 11) is 0. The molecule has 4 nitrogen and oxygen atoms in total. The Balaban J connectivity index is 3.03. The van der Waals surface area contributed by atoms with Crippen molar-refractivity contribution in [2.75, 3.05) is 13.2 Å². The highest BCUT2D eigenvalue weighted by molar-refractivity contribution is 6.01. The van der Waals surface area contributed by atoms with Crippen LogP contribution in [0.4, 0.5) is 0 Å². The smallest absolute Gasteiger partial charge is 0.334 e. The van der Waals surface area contributed by atoms with Crippen LogP contribution in [0.1, 0.15) is 53.4 Å². The lowest BCUT2D eigenvalue weighted by atomic mass is 9.78. The van der Waals surface area contributed by atoms with Gasteiger partial charge >= 0.3 is 11.9 Å². The van der Waals surface area contributed by atoms with E-state index in [4.69, 9.17) is 9.47 Å². The van der Waals surface area contributed by atoms with Gasteiger partial charge in [-0.1, -0.05) is 27.7 Å². The monoisotopic (exact) mass is 282 g/mol. The minimum Gasteiger partial charge on any atom is -0.462 e. The average Bonchev–Trinajstić information content (AvgIpc) is 2.44. The molecule has 0 saturated heterocycles. The van der Waals surface area contributed by atoms with E-state index >= 15 is 0 Å². The second kappa shape index (κ2) is 8.08. The van der Waals surface area contributed by atoms with Crippen LogP contribution in [0.15, 0.2) is 11.1 Å². The zero-order chi connectivity index (χ0) is 15.1. The molecule has 2 atom stereocenters. The Morgan fingerprint density at radius 1 is 0.900 bits per heavy atom. The third kappa shape index (κ3) is 4.09. The van der Waals surface area contributed by atoms with Gasteiger partial charge in [0, 0.05) is 0 Å². The van der Waals surface area contributed by atoms with Crippen LogP contribution in [0.5, 0.6) is 0 Å². The van der Waals surface area contributed by atoms with Crippen LogP contribution in [0.25, 0.3) is 0 Å². The molecule has 4 heteroatoms. The normalized spacial score (nSPS) is 22.6. The molecule has 0 saturated carbocycles. The number of ether oxygens (including phenoxy) is 2. The maximum Gasteiger partial charge on any atom is 0.334 e. The highest BCUT2D eigenvalue weighted by Crippen LogP contribution is 2.35. The van der Waals surface area contributed by atoms with Crippen molar-refractivity contribution in [2.45, 2.75) is 53.4 Å². The van der Waals surface area contributed by atoms with Gasteiger partial charge in [0.25, 0.3) is 0 Å². The lowest BCUT2D eigenvalue weighted by Gasteiger charge is -2.28. The minimum absolute atomic E-state index is 0.0553. The lowest BCUT2D eigenvalue weighted by Crippen LogP contribution is -2.28. The quantitative estimate of drug-likeness (QED) is 0.702. The Hall–Kier alpha value is -1.32. The summed E-state index contributed by atoms with van der Waals surface area (Å²) < 4.78 is 10.5. The molecular weight excluding hydrogens is 256 g/mol. The second-order valence-corrected chi connectivity index (χ2v) is 5.48. The van der Waals surface area contributed by atoms with Gasteiger partial charge in [-0.25, -0.2) is 9.59 Å². The van der Waals surface area contributed by atoms with Crippen LogP contribution < -0.4 is 0 Å². The number of rotatable bonds is 6. The van der Waals surface area contributed by atoms with Crippen molar-refractivity contribution >= 4 is 11.9 Å². The minimum atomic E-state index is -0.352. The number of hydrogen-bond donors (Lipinski definition) is 0. The second-order valence-electron chi connectivity index (χ2n) is 5.48. The molecule has 0 aromatic heterocycles. The molecule has 0 N–H and O–H groups in total. The van der Waals surface area contributed by atoms with Gasteiger partial charge in [-0.3, -0.25) is 0 Å². The van der Waals surface area contributed by atoms with E-state index in [1.54, 1.807) is 0 Å². The van der Waals surface area contributed by atoms with Crippen LogP contribution in [-0.4, -0.2) is 25.2 Å². The first kappa shape index (κ1) is 16.7. The van der Waals surface area contributed by atoms with Gasteiger partial charge in [0.05, 0.1) is 24.4 Å². The summed E-state index contributed by atoms with van der Waals surface area (Å²) in [4.78, 5) is 24.4. The van der Waals surface area contributed by atoms with Gasteiger partial charge < -0.3 is 9.47 Å². The molecule has 0 fully saturated rings. The first-order valence-corrected chi connectivity index (χ1v) is 7.61. The van der Waals surface area contributed by atoms with E-state index in [1.807, 2.05) is 27.7 Å². The zero-order valence-corrected chi connectivity index (χ0v) is 13.0. The van der Waals surface area contributed by atoms with Gasteiger partial charge in [-0.15, -0.1) is 0 Å². The zero-order valence-electron chi connectivity index (χ0n) is 13.0. The van der Waals surface area contributed by atoms with Gasteiger partial charge in [0.15, 0.2) is 0 Å². The third-order valence-electron chi connectivity index (χ3n) is 3.62. The fourth-order valence-corrected chi connectivity index (χ4v) is 2.49. The van der Waals surface area contributed by atoms with Crippen LogP contribution in [0.2, 0.25) is 0 Å². The van der Waals surface area contributed by atoms with E-state index in [9.17, 15) is 9.59 Å². The van der Waals surface area contributed by atoms with Crippen LogP contribution in [0, 0.1) is 11.8 Å². The Morgan fingerprint density at radius 3 is 1.55 bits per heavy atom. The van der Waals surface area contributed by atoms with Gasteiger partial charge in [-0.05, 0) is 37.5 Å². The number of hydrogen-bond acceptors (Lipinski definition) is 4. The summed E-state index contributed by atoms with van der Waals surface area (Å²) in [5.74, 6) is -0.594. The molecule has 2 unspecified atom stereocenters. The Labute approximate surface area is 121 Å². The topological polar surface area (TPSA) is 52.6 Å². The summed E-state index contributed by atoms with van der Waals surface area (Å²) in [6.07, 6.45) is 3.36. The van der Waals surface area contributed by atoms with E-state index in [0.717, 1.165) is 25.7 Å². The van der Waals surface area contributed by atoms with Crippen molar-refractivity contribution in [2.24, 2.45) is 11.8 Å². The largest absolute Gasteiger partial charge is 0.462 e. The summed E-state index contributed by atoms with van der Waals surface area (Å²) in [5.41, 5.74) is 1.05. The van der Waals surface area contributed by atoms with Gasteiger partial charge in [0.2, 0.25) is 0 Å². The fourth-order valence-electron chi connectivity index (χ4n) is 2.49. The van der Waals surface area contributed by atoms with Gasteiger partial charge in [0.1, 0.15) is 0 Å². The van der Waals surface area contributed by atoms with Crippen LogP contribution in [0.3, 0.4) is 0 Å². The molecule has 0 aromatic carbocycles. The molecule has 0 aliphatic heterocycles. The van der Waals surface area contributed by atoms with Gasteiger partial charge in [-0.2, -0.15) is 0 Å². The average molecular weight is 282 g/mol. The summed E-state index contributed by atoms with van der Waals surface area (Å²) in [5, 5.41) is 0. The van der Waals surface area contributed by atoms with Crippen molar-refractivity contribution in [3.05, 3.63) is 11.1 Å². The van der Waals surface area contributed by atoms with Crippen LogP contribution >= 0.6 is 0 Å². The standard InChI is InChI=1S/C16H26O4/c1-5-9-19-15(17)13-11(3)7-8-12(4)14(13)16(18)20-10-6-2/h11-12H,5-10H2,1-4H3. The molecule has 1 aliphatic rings. The molecule has 114 valence electrons. The van der Waals surface area contributed by atoms with Crippen LogP contribution in [-0.2, 0) is 19.1 Å². The van der Waals surface area contributed by atoms with E-state index in [1.165, 1.54) is 0 Å². The van der Waals surface area contributed by atoms with E-state index in [0.29, 0.717) is 24.4 Å². The van der Waals surface area contributed by atoms with Crippen molar-refractivity contribution in [1.82, 2.24) is 0 Å². The molecular formula is C16H26O4. The Kier molecular flexibility index (Phi) is 6.76. The SMILES string of the molecule is CCCOC(=O)C1=C(C(=O)OCCC)C(C)CCC1C.